The van der Waals surface area contributed by atoms with Gasteiger partial charge in [-0.15, -0.1) is 0 Å². The first kappa shape index (κ1) is 23.1. The monoisotopic (exact) mass is 464 g/mol. The van der Waals surface area contributed by atoms with Crippen LogP contribution in [0.5, 0.6) is 11.5 Å². The van der Waals surface area contributed by atoms with Crippen LogP contribution in [-0.2, 0) is 4.79 Å². The minimum Gasteiger partial charge on any atom is -0.497 e. The van der Waals surface area contributed by atoms with E-state index in [2.05, 4.69) is 26.4 Å². The van der Waals surface area contributed by atoms with Crippen molar-refractivity contribution in [3.63, 3.8) is 0 Å². The second-order valence-corrected chi connectivity index (χ2v) is 8.06. The maximum Gasteiger partial charge on any atom is 0.324 e. The molecule has 0 saturated carbocycles. The van der Waals surface area contributed by atoms with Crippen molar-refractivity contribution in [1.82, 2.24) is 20.4 Å². The van der Waals surface area contributed by atoms with Crippen LogP contribution in [0.15, 0.2) is 54.6 Å². The summed E-state index contributed by atoms with van der Waals surface area (Å²) in [6, 6.07) is 15.9. The van der Waals surface area contributed by atoms with Gasteiger partial charge in [0.15, 0.2) is 6.29 Å². The number of hydrogen-bond donors (Lipinski definition) is 4. The predicted octanol–water partition coefficient (Wildman–Crippen LogP) is 3.41. The molecule has 34 heavy (non-hydrogen) atoms. The van der Waals surface area contributed by atoms with E-state index in [4.69, 9.17) is 9.47 Å². The van der Waals surface area contributed by atoms with Crippen LogP contribution < -0.4 is 30.7 Å². The second kappa shape index (κ2) is 9.84. The first-order chi connectivity index (χ1) is 16.4. The van der Waals surface area contributed by atoms with Crippen molar-refractivity contribution < 1.29 is 19.1 Å². The topological polar surface area (TPSA) is 119 Å². The molecule has 1 aliphatic heterocycles. The number of methoxy groups -OCH3 is 2. The first-order valence-corrected chi connectivity index (χ1v) is 10.9. The number of nitrogens with one attached hydrogen (secondary N) is 4. The van der Waals surface area contributed by atoms with Crippen molar-refractivity contribution in [2.24, 2.45) is 5.92 Å². The van der Waals surface area contributed by atoms with Gasteiger partial charge in [-0.25, -0.2) is 9.48 Å². The third-order valence-corrected chi connectivity index (χ3v) is 5.76. The van der Waals surface area contributed by atoms with Crippen LogP contribution in [-0.4, -0.2) is 42.0 Å². The smallest absolute Gasteiger partial charge is 0.324 e. The third kappa shape index (κ3) is 4.96. The summed E-state index contributed by atoms with van der Waals surface area (Å²) < 4.78 is 12.1. The van der Waals surface area contributed by atoms with E-state index in [0.717, 1.165) is 5.56 Å². The molecule has 0 bridgehead atoms. The number of rotatable bonds is 6. The fraction of sp³-hybridized carbons (Fsp3) is 0.292. The molecular weight excluding hydrogens is 436 g/mol. The van der Waals surface area contributed by atoms with Gasteiger partial charge in [0.1, 0.15) is 17.3 Å². The van der Waals surface area contributed by atoms with Gasteiger partial charge in [-0.3, -0.25) is 15.4 Å². The molecule has 0 radical (unpaired) electrons. The molecule has 2 aromatic carbocycles. The average molecular weight is 465 g/mol. The quantitative estimate of drug-likeness (QED) is 0.444. The Morgan fingerprint density at radius 1 is 1.00 bits per heavy atom. The number of hydrogen-bond acceptors (Lipinski definition) is 6. The average Bonchev–Trinajstić information content (AvgIpc) is 3.26. The maximum atomic E-state index is 12.9. The van der Waals surface area contributed by atoms with Crippen LogP contribution in [0.2, 0.25) is 0 Å². The highest BCUT2D eigenvalue weighted by Crippen LogP contribution is 2.27. The number of amides is 3. The fourth-order valence-electron chi connectivity index (χ4n) is 3.65. The van der Waals surface area contributed by atoms with Crippen molar-refractivity contribution in [1.29, 1.82) is 0 Å². The summed E-state index contributed by atoms with van der Waals surface area (Å²) in [5.74, 6) is 1.22. The summed E-state index contributed by atoms with van der Waals surface area (Å²) in [4.78, 5) is 25.3. The van der Waals surface area contributed by atoms with Gasteiger partial charge in [-0.05, 0) is 6.92 Å². The highest BCUT2D eigenvalue weighted by molar-refractivity contribution is 5.99. The van der Waals surface area contributed by atoms with Crippen LogP contribution in [0.4, 0.5) is 16.3 Å². The number of carbonyl (C=O) groups is 2. The van der Waals surface area contributed by atoms with Crippen molar-refractivity contribution in [2.75, 3.05) is 24.9 Å². The second-order valence-electron chi connectivity index (χ2n) is 8.06. The molecule has 1 fully saturated rings. The molecule has 1 aliphatic rings. The molecule has 4 N–H and O–H groups in total. The Bertz CT molecular complexity index is 1160. The zero-order valence-electron chi connectivity index (χ0n) is 19.5. The van der Waals surface area contributed by atoms with Gasteiger partial charge in [0.05, 0.1) is 25.8 Å². The third-order valence-electron chi connectivity index (χ3n) is 5.76. The van der Waals surface area contributed by atoms with Crippen LogP contribution in [0, 0.1) is 5.92 Å². The number of aromatic nitrogens is 2. The molecule has 3 amide bonds. The summed E-state index contributed by atoms with van der Waals surface area (Å²) in [5, 5.41) is 16.5. The molecule has 3 aromatic rings. The van der Waals surface area contributed by atoms with Crippen LogP contribution in [0.25, 0.3) is 11.3 Å². The lowest BCUT2D eigenvalue weighted by molar-refractivity contribution is -0.130. The molecule has 1 saturated heterocycles. The number of carbonyl (C=O) groups excluding carboxylic acids is 2. The Hall–Kier alpha value is -4.05. The van der Waals surface area contributed by atoms with Crippen molar-refractivity contribution in [3.05, 3.63) is 54.6 Å². The highest BCUT2D eigenvalue weighted by Gasteiger charge is 2.32. The standard InChI is InChI=1S/C24H28N6O4/c1-14-15(2)25-23(28-22(14)31)30-21(13-20(29-30)16-8-6-5-7-9-16)27-24(32)26-17-10-18(33-3)12-19(11-17)34-4/h5-15,23,25H,1-4H3,(H,28,31)(H2,26,27,32). The first-order valence-electron chi connectivity index (χ1n) is 10.9. The lowest BCUT2D eigenvalue weighted by atomic mass is 10.0. The highest BCUT2D eigenvalue weighted by atomic mass is 16.5. The summed E-state index contributed by atoms with van der Waals surface area (Å²) in [7, 11) is 3.07. The summed E-state index contributed by atoms with van der Waals surface area (Å²) in [6.07, 6.45) is -0.622. The number of nitrogens with zero attached hydrogens (tertiary/aromatic N) is 2. The molecule has 4 rings (SSSR count). The van der Waals surface area contributed by atoms with Gasteiger partial charge >= 0.3 is 6.03 Å². The number of ether oxygens (including phenoxy) is 2. The van der Waals surface area contributed by atoms with E-state index in [0.29, 0.717) is 28.7 Å². The van der Waals surface area contributed by atoms with Crippen LogP contribution in [0.3, 0.4) is 0 Å². The van der Waals surface area contributed by atoms with Gasteiger partial charge in [0.25, 0.3) is 0 Å². The van der Waals surface area contributed by atoms with Gasteiger partial charge in [-0.2, -0.15) is 5.10 Å². The molecule has 0 aliphatic carbocycles. The van der Waals surface area contributed by atoms with Crippen molar-refractivity contribution in [2.45, 2.75) is 26.2 Å². The molecule has 178 valence electrons. The Balaban J connectivity index is 1.62. The van der Waals surface area contributed by atoms with E-state index in [-0.39, 0.29) is 17.9 Å². The van der Waals surface area contributed by atoms with E-state index in [1.54, 1.807) is 28.9 Å². The Morgan fingerprint density at radius 2 is 1.68 bits per heavy atom. The van der Waals surface area contributed by atoms with Gasteiger partial charge in [-0.1, -0.05) is 37.3 Å². The molecular formula is C24H28N6O4. The van der Waals surface area contributed by atoms with Crippen LogP contribution >= 0.6 is 0 Å². The molecule has 1 aromatic heterocycles. The van der Waals surface area contributed by atoms with E-state index >= 15 is 0 Å². The van der Waals surface area contributed by atoms with Crippen LogP contribution in [0.1, 0.15) is 20.1 Å². The largest absolute Gasteiger partial charge is 0.497 e. The van der Waals surface area contributed by atoms with Crippen molar-refractivity contribution >= 4 is 23.4 Å². The summed E-state index contributed by atoms with van der Waals surface area (Å²) in [6.45, 7) is 3.80. The lowest BCUT2D eigenvalue weighted by Crippen LogP contribution is -2.57. The fourth-order valence-corrected chi connectivity index (χ4v) is 3.65. The minimum absolute atomic E-state index is 0.0750. The van der Waals surface area contributed by atoms with Gasteiger partial charge in [0, 0.05) is 41.6 Å². The molecule has 3 atom stereocenters. The lowest BCUT2D eigenvalue weighted by Gasteiger charge is -2.34. The molecule has 10 nitrogen and oxygen atoms in total. The van der Waals surface area contributed by atoms with Crippen molar-refractivity contribution in [3.8, 4) is 22.8 Å². The predicted molar refractivity (Wildman–Crippen MR) is 129 cm³/mol. The number of benzene rings is 2. The summed E-state index contributed by atoms with van der Waals surface area (Å²) in [5.41, 5.74) is 2.03. The van der Waals surface area contributed by atoms with E-state index in [1.165, 1.54) is 14.2 Å². The molecule has 3 unspecified atom stereocenters. The molecule has 0 spiro atoms. The Kier molecular flexibility index (Phi) is 6.69. The number of urea groups is 1. The SMILES string of the molecule is COc1cc(NC(=O)Nc2cc(-c3ccccc3)nn2C2NC(=O)C(C)C(C)N2)cc(OC)c1. The van der Waals surface area contributed by atoms with Gasteiger partial charge < -0.3 is 20.1 Å². The zero-order chi connectivity index (χ0) is 24.2. The van der Waals surface area contributed by atoms with Gasteiger partial charge in [0.2, 0.25) is 5.91 Å². The summed E-state index contributed by atoms with van der Waals surface area (Å²) >= 11 is 0. The molecule has 2 heterocycles. The Labute approximate surface area is 197 Å². The van der Waals surface area contributed by atoms with E-state index in [9.17, 15) is 9.59 Å². The molecule has 10 heteroatoms. The number of anilines is 2. The van der Waals surface area contributed by atoms with E-state index < -0.39 is 12.3 Å². The normalized spacial score (nSPS) is 19.8. The van der Waals surface area contributed by atoms with E-state index in [1.807, 2.05) is 44.2 Å². The maximum absolute atomic E-state index is 12.9. The Morgan fingerprint density at radius 3 is 2.29 bits per heavy atom. The zero-order valence-corrected chi connectivity index (χ0v) is 19.5. The minimum atomic E-state index is -0.622.